The van der Waals surface area contributed by atoms with Crippen LogP contribution in [0.25, 0.3) is 0 Å². The lowest BCUT2D eigenvalue weighted by Crippen LogP contribution is -3.08. The monoisotopic (exact) mass is 371 g/mol. The molecule has 2 aromatic rings. The number of methoxy groups -OCH3 is 1. The van der Waals surface area contributed by atoms with E-state index in [2.05, 4.69) is 5.32 Å². The van der Waals surface area contributed by atoms with Crippen LogP contribution in [0.4, 0.5) is 0 Å². The summed E-state index contributed by atoms with van der Waals surface area (Å²) in [5, 5.41) is 3.06. The normalized spacial score (nSPS) is 14.9. The highest BCUT2D eigenvalue weighted by Gasteiger charge is 2.17. The smallest absolute Gasteiger partial charge is 0.275 e. The van der Waals surface area contributed by atoms with Gasteiger partial charge in [-0.05, 0) is 48.9 Å². The Bertz CT molecular complexity index is 776. The maximum Gasteiger partial charge on any atom is 0.275 e. The second kappa shape index (κ2) is 8.77. The molecule has 2 N–H and O–H groups in total. The van der Waals surface area contributed by atoms with Gasteiger partial charge in [-0.2, -0.15) is 0 Å². The van der Waals surface area contributed by atoms with Crippen LogP contribution in [0.5, 0.6) is 17.2 Å². The van der Waals surface area contributed by atoms with E-state index in [1.807, 2.05) is 56.4 Å². The molecule has 3 rings (SSSR count). The van der Waals surface area contributed by atoms with Crippen molar-refractivity contribution in [3.8, 4) is 17.2 Å². The molecule has 1 amide bonds. The van der Waals surface area contributed by atoms with Crippen molar-refractivity contribution in [3.05, 3.63) is 53.6 Å². The van der Waals surface area contributed by atoms with Crippen molar-refractivity contribution in [2.24, 2.45) is 0 Å². The largest absolute Gasteiger partial charge is 0.497 e. The maximum atomic E-state index is 12.4. The van der Waals surface area contributed by atoms with Crippen molar-refractivity contribution >= 4 is 5.91 Å². The fraction of sp³-hybridized carbons (Fsp3) is 0.381. The minimum atomic E-state index is -0.0953. The van der Waals surface area contributed by atoms with Crippen LogP contribution < -0.4 is 24.4 Å². The van der Waals surface area contributed by atoms with E-state index < -0.39 is 0 Å². The predicted octanol–water partition coefficient (Wildman–Crippen LogP) is 1.36. The summed E-state index contributed by atoms with van der Waals surface area (Å²) >= 11 is 0. The van der Waals surface area contributed by atoms with E-state index in [1.54, 1.807) is 7.11 Å². The number of likely N-dealkylation sites (N-methyl/N-ethyl adjacent to an activating group) is 1. The molecular formula is C21H27N2O4+. The minimum Gasteiger partial charge on any atom is -0.497 e. The van der Waals surface area contributed by atoms with Gasteiger partial charge in [0.15, 0.2) is 18.0 Å². The second-order valence-corrected chi connectivity index (χ2v) is 6.85. The van der Waals surface area contributed by atoms with Crippen molar-refractivity contribution < 1.29 is 23.9 Å². The SMILES string of the molecule is COc1ccc(C[NH+](C)CC(=O)N[C@H](C)c2ccc3c(c2)OCCO3)cc1. The first kappa shape index (κ1) is 19.0. The van der Waals surface area contributed by atoms with Crippen LogP contribution >= 0.6 is 0 Å². The number of hydrogen-bond donors (Lipinski definition) is 2. The zero-order chi connectivity index (χ0) is 19.2. The number of rotatable bonds is 7. The quantitative estimate of drug-likeness (QED) is 0.772. The Hall–Kier alpha value is -2.73. The summed E-state index contributed by atoms with van der Waals surface area (Å²) in [6, 6.07) is 13.6. The molecule has 0 aliphatic carbocycles. The first-order chi connectivity index (χ1) is 13.0. The first-order valence-electron chi connectivity index (χ1n) is 9.18. The number of amides is 1. The van der Waals surface area contributed by atoms with E-state index in [4.69, 9.17) is 14.2 Å². The average molecular weight is 371 g/mol. The van der Waals surface area contributed by atoms with Gasteiger partial charge in [-0.15, -0.1) is 0 Å². The predicted molar refractivity (Wildman–Crippen MR) is 102 cm³/mol. The van der Waals surface area contributed by atoms with Crippen LogP contribution in [-0.2, 0) is 11.3 Å². The van der Waals surface area contributed by atoms with E-state index in [9.17, 15) is 4.79 Å². The highest BCUT2D eigenvalue weighted by molar-refractivity contribution is 5.77. The van der Waals surface area contributed by atoms with E-state index >= 15 is 0 Å². The zero-order valence-electron chi connectivity index (χ0n) is 16.1. The maximum absolute atomic E-state index is 12.4. The Balaban J connectivity index is 1.51. The van der Waals surface area contributed by atoms with E-state index in [0.717, 1.165) is 34.3 Å². The molecule has 0 radical (unpaired) electrons. The van der Waals surface area contributed by atoms with Crippen LogP contribution in [0.15, 0.2) is 42.5 Å². The van der Waals surface area contributed by atoms with Crippen LogP contribution in [0, 0.1) is 0 Å². The Labute approximate surface area is 160 Å². The molecule has 0 spiro atoms. The van der Waals surface area contributed by atoms with Gasteiger partial charge in [0.05, 0.1) is 20.2 Å². The van der Waals surface area contributed by atoms with Crippen LogP contribution in [0.3, 0.4) is 0 Å². The van der Waals surface area contributed by atoms with Crippen molar-refractivity contribution in [2.75, 3.05) is 33.9 Å². The summed E-state index contributed by atoms with van der Waals surface area (Å²) in [4.78, 5) is 13.5. The van der Waals surface area contributed by atoms with Crippen molar-refractivity contribution in [3.63, 3.8) is 0 Å². The topological polar surface area (TPSA) is 61.2 Å². The lowest BCUT2D eigenvalue weighted by Gasteiger charge is -2.21. The van der Waals surface area contributed by atoms with Gasteiger partial charge in [0.25, 0.3) is 5.91 Å². The highest BCUT2D eigenvalue weighted by atomic mass is 16.6. The fourth-order valence-electron chi connectivity index (χ4n) is 3.13. The Morgan fingerprint density at radius 1 is 1.15 bits per heavy atom. The number of quaternary nitrogens is 1. The lowest BCUT2D eigenvalue weighted by molar-refractivity contribution is -0.885. The molecule has 1 aliphatic rings. The Morgan fingerprint density at radius 2 is 1.85 bits per heavy atom. The van der Waals surface area contributed by atoms with Crippen LogP contribution in [0.1, 0.15) is 24.1 Å². The molecule has 6 heteroatoms. The molecular weight excluding hydrogens is 344 g/mol. The molecule has 0 saturated carbocycles. The number of ether oxygens (including phenoxy) is 3. The summed E-state index contributed by atoms with van der Waals surface area (Å²) in [6.07, 6.45) is 0. The molecule has 1 aliphatic heterocycles. The third kappa shape index (κ3) is 5.14. The van der Waals surface area contributed by atoms with Gasteiger partial charge in [-0.1, -0.05) is 6.07 Å². The number of benzene rings is 2. The molecule has 0 fully saturated rings. The number of hydrogen-bond acceptors (Lipinski definition) is 4. The molecule has 0 aromatic heterocycles. The van der Waals surface area contributed by atoms with Crippen molar-refractivity contribution in [2.45, 2.75) is 19.5 Å². The van der Waals surface area contributed by atoms with E-state index in [1.165, 1.54) is 5.56 Å². The van der Waals surface area contributed by atoms with Gasteiger partial charge >= 0.3 is 0 Å². The number of carbonyl (C=O) groups is 1. The zero-order valence-corrected chi connectivity index (χ0v) is 16.1. The third-order valence-electron chi connectivity index (χ3n) is 4.57. The van der Waals surface area contributed by atoms with Crippen LogP contribution in [0.2, 0.25) is 0 Å². The molecule has 1 heterocycles. The minimum absolute atomic E-state index is 0.0170. The Morgan fingerprint density at radius 3 is 2.56 bits per heavy atom. The molecule has 2 atom stereocenters. The second-order valence-electron chi connectivity index (χ2n) is 6.85. The summed E-state index contributed by atoms with van der Waals surface area (Å²) in [5.41, 5.74) is 2.17. The first-order valence-corrected chi connectivity index (χ1v) is 9.18. The van der Waals surface area contributed by atoms with E-state index in [-0.39, 0.29) is 11.9 Å². The fourth-order valence-corrected chi connectivity index (χ4v) is 3.13. The van der Waals surface area contributed by atoms with Crippen LogP contribution in [-0.4, -0.2) is 39.8 Å². The summed E-state index contributed by atoms with van der Waals surface area (Å²) < 4.78 is 16.3. The number of nitrogens with one attached hydrogen (secondary N) is 2. The van der Waals surface area contributed by atoms with Crippen molar-refractivity contribution in [1.29, 1.82) is 0 Å². The lowest BCUT2D eigenvalue weighted by atomic mass is 10.1. The third-order valence-corrected chi connectivity index (χ3v) is 4.57. The molecule has 0 bridgehead atoms. The van der Waals surface area contributed by atoms with E-state index in [0.29, 0.717) is 19.8 Å². The standard InChI is InChI=1S/C21H26N2O4/c1-15(17-6-9-19-20(12-17)27-11-10-26-19)22-21(24)14-23(2)13-16-4-7-18(25-3)8-5-16/h4-9,12,15H,10-11,13-14H2,1-3H3,(H,22,24)/p+1/t15-/m1/s1. The average Bonchev–Trinajstić information content (AvgIpc) is 2.68. The summed E-state index contributed by atoms with van der Waals surface area (Å²) in [5.74, 6) is 2.35. The van der Waals surface area contributed by atoms with Gasteiger partial charge in [-0.25, -0.2) is 0 Å². The summed E-state index contributed by atoms with van der Waals surface area (Å²) in [6.45, 7) is 4.28. The van der Waals surface area contributed by atoms with Gasteiger partial charge < -0.3 is 24.4 Å². The molecule has 6 nitrogen and oxygen atoms in total. The van der Waals surface area contributed by atoms with Gasteiger partial charge in [0.2, 0.25) is 0 Å². The van der Waals surface area contributed by atoms with Gasteiger partial charge in [-0.3, -0.25) is 4.79 Å². The number of carbonyl (C=O) groups excluding carboxylic acids is 1. The molecule has 1 unspecified atom stereocenters. The highest BCUT2D eigenvalue weighted by Crippen LogP contribution is 2.32. The summed E-state index contributed by atoms with van der Waals surface area (Å²) in [7, 11) is 3.66. The molecule has 144 valence electrons. The van der Waals surface area contributed by atoms with Crippen molar-refractivity contribution in [1.82, 2.24) is 5.32 Å². The Kier molecular flexibility index (Phi) is 6.19. The molecule has 2 aromatic carbocycles. The molecule has 0 saturated heterocycles. The van der Waals surface area contributed by atoms with Gasteiger partial charge in [0, 0.05) is 5.56 Å². The molecule has 27 heavy (non-hydrogen) atoms. The van der Waals surface area contributed by atoms with Gasteiger partial charge in [0.1, 0.15) is 25.5 Å². The number of fused-ring (bicyclic) bond motifs is 1.